The second kappa shape index (κ2) is 3.73. The summed E-state index contributed by atoms with van der Waals surface area (Å²) in [6.45, 7) is 4.40. The van der Waals surface area contributed by atoms with E-state index >= 15 is 0 Å². The summed E-state index contributed by atoms with van der Waals surface area (Å²) in [4.78, 5) is 0. The van der Waals surface area contributed by atoms with Crippen molar-refractivity contribution < 1.29 is 38.6 Å². The van der Waals surface area contributed by atoms with Crippen LogP contribution in [0, 0.1) is 0 Å². The number of allylic oxidation sites excluding steroid dienone is 4. The van der Waals surface area contributed by atoms with Crippen LogP contribution in [-0.4, -0.2) is 0 Å². The Morgan fingerprint density at radius 3 is 2.22 bits per heavy atom. The smallest absolute Gasteiger partial charge is 1.00 e. The molecule has 49 valence electrons. The fourth-order valence-corrected chi connectivity index (χ4v) is 2.04. The van der Waals surface area contributed by atoms with Gasteiger partial charge in [0.05, 0.1) is 0 Å². The standard InChI is InChI=1S/C7H9.ClH.Zr.H/c1-6-4-3-5-7(6)2;;;/h4H,5H2,1-2H3;1H;;/q;;+2;-1/p-1. The van der Waals surface area contributed by atoms with E-state index in [2.05, 4.69) is 19.9 Å². The molecule has 0 radical (unpaired) electrons. The Hall–Kier alpha value is 0.653. The normalized spacial score (nSPS) is 17.6. The molecule has 0 aromatic carbocycles. The molecule has 0 fully saturated rings. The predicted octanol–water partition coefficient (Wildman–Crippen LogP) is -0.726. The molecule has 0 amide bonds. The van der Waals surface area contributed by atoms with Crippen molar-refractivity contribution in [2.24, 2.45) is 0 Å². The molecule has 1 aliphatic rings. The van der Waals surface area contributed by atoms with Crippen molar-refractivity contribution in [1.82, 2.24) is 0 Å². The summed E-state index contributed by atoms with van der Waals surface area (Å²) in [6, 6.07) is 0. The molecular weight excluding hydrogens is 211 g/mol. The second-order valence-electron chi connectivity index (χ2n) is 2.31. The predicted molar refractivity (Wildman–Crippen MR) is 32.2 cm³/mol. The van der Waals surface area contributed by atoms with Crippen molar-refractivity contribution >= 4 is 0 Å². The molecule has 0 atom stereocenters. The van der Waals surface area contributed by atoms with Crippen LogP contribution in [0.15, 0.2) is 20.5 Å². The molecule has 1 aliphatic carbocycles. The molecular formula is C7H10ClZr. The third-order valence-electron chi connectivity index (χ3n) is 1.52. The summed E-state index contributed by atoms with van der Waals surface area (Å²) in [5.74, 6) is 0. The van der Waals surface area contributed by atoms with Crippen molar-refractivity contribution in [2.45, 2.75) is 20.3 Å². The van der Waals surface area contributed by atoms with Crippen molar-refractivity contribution in [3.8, 4) is 0 Å². The van der Waals surface area contributed by atoms with Crippen molar-refractivity contribution in [2.75, 3.05) is 0 Å². The van der Waals surface area contributed by atoms with E-state index in [0.717, 1.165) is 0 Å². The van der Waals surface area contributed by atoms with E-state index in [1.807, 2.05) is 0 Å². The van der Waals surface area contributed by atoms with Gasteiger partial charge in [0.1, 0.15) is 0 Å². The topological polar surface area (TPSA) is 0 Å². The Morgan fingerprint density at radius 1 is 1.56 bits per heavy atom. The first-order valence-corrected chi connectivity index (χ1v) is 4.01. The van der Waals surface area contributed by atoms with Gasteiger partial charge < -0.3 is 13.8 Å². The van der Waals surface area contributed by atoms with Crippen LogP contribution in [0.1, 0.15) is 21.7 Å². The molecule has 0 heterocycles. The first kappa shape index (κ1) is 9.65. The summed E-state index contributed by atoms with van der Waals surface area (Å²) in [7, 11) is 0. The van der Waals surface area contributed by atoms with Crippen LogP contribution in [0.4, 0.5) is 0 Å². The van der Waals surface area contributed by atoms with E-state index < -0.39 is 0 Å². The van der Waals surface area contributed by atoms with Crippen LogP contribution in [0.25, 0.3) is 0 Å². The molecule has 1 rings (SSSR count). The quantitative estimate of drug-likeness (QED) is 0.506. The zero-order valence-corrected chi connectivity index (χ0v) is 8.88. The number of halogens is 1. The number of rotatable bonds is 0. The van der Waals surface area contributed by atoms with Gasteiger partial charge in [-0.3, -0.25) is 0 Å². The van der Waals surface area contributed by atoms with E-state index in [9.17, 15) is 0 Å². The fraction of sp³-hybridized carbons (Fsp3) is 0.429. The van der Waals surface area contributed by atoms with Gasteiger partial charge >= 0.3 is 65.5 Å². The van der Waals surface area contributed by atoms with Gasteiger partial charge in [-0.05, 0) is 0 Å². The minimum Gasteiger partial charge on any atom is -1.00 e. The third kappa shape index (κ3) is 2.39. The molecule has 0 unspecified atom stereocenters. The van der Waals surface area contributed by atoms with Crippen LogP contribution in [-0.2, 0) is 24.7 Å². The molecule has 2 heteroatoms. The van der Waals surface area contributed by atoms with E-state index in [0.29, 0.717) is 0 Å². The monoisotopic (exact) mass is 219 g/mol. The Bertz CT molecular complexity index is 172. The molecule has 9 heavy (non-hydrogen) atoms. The van der Waals surface area contributed by atoms with Crippen LogP contribution in [0.3, 0.4) is 0 Å². The Kier molecular flexibility index (Phi) is 4.00. The fourth-order valence-electron chi connectivity index (χ4n) is 0.861. The summed E-state index contributed by atoms with van der Waals surface area (Å²) >= 11 is 1.58. The summed E-state index contributed by atoms with van der Waals surface area (Å²) < 4.78 is 1.59. The van der Waals surface area contributed by atoms with E-state index in [1.165, 1.54) is 12.0 Å². The van der Waals surface area contributed by atoms with Gasteiger partial charge in [0.25, 0.3) is 0 Å². The molecule has 0 saturated carbocycles. The van der Waals surface area contributed by atoms with Gasteiger partial charge in [-0.1, -0.05) is 0 Å². The summed E-state index contributed by atoms with van der Waals surface area (Å²) in [5.41, 5.74) is 3.04. The maximum absolute atomic E-state index is 2.30. The first-order valence-electron chi connectivity index (χ1n) is 2.78. The van der Waals surface area contributed by atoms with Crippen LogP contribution < -0.4 is 12.4 Å². The van der Waals surface area contributed by atoms with E-state index in [1.54, 1.807) is 33.6 Å². The minimum absolute atomic E-state index is 0. The minimum atomic E-state index is 0. The van der Waals surface area contributed by atoms with Gasteiger partial charge in [-0.15, -0.1) is 0 Å². The zero-order valence-electron chi connectivity index (χ0n) is 6.66. The van der Waals surface area contributed by atoms with Gasteiger partial charge in [-0.25, -0.2) is 0 Å². The average Bonchev–Trinajstić information content (AvgIpc) is 1.85. The molecule has 0 N–H and O–H groups in total. The first-order chi connectivity index (χ1) is 3.70. The largest absolute Gasteiger partial charge is 1.00 e. The molecule has 0 aromatic heterocycles. The van der Waals surface area contributed by atoms with Crippen LogP contribution in [0.2, 0.25) is 0 Å². The summed E-state index contributed by atoms with van der Waals surface area (Å²) in [6.07, 6.45) is 3.54. The molecule has 0 bridgehead atoms. The van der Waals surface area contributed by atoms with Crippen LogP contribution in [0.5, 0.6) is 0 Å². The Balaban J connectivity index is 0. The molecule has 0 saturated heterocycles. The van der Waals surface area contributed by atoms with E-state index in [4.69, 9.17) is 0 Å². The SMILES string of the molecule is CC1=C(C)C[C]([Zr+2])=C1.[Cl-].[H-]. The Morgan fingerprint density at radius 2 is 2.11 bits per heavy atom. The molecule has 0 spiro atoms. The van der Waals surface area contributed by atoms with Gasteiger partial charge in [0.2, 0.25) is 0 Å². The average molecular weight is 221 g/mol. The van der Waals surface area contributed by atoms with Crippen molar-refractivity contribution in [3.63, 3.8) is 0 Å². The van der Waals surface area contributed by atoms with Crippen molar-refractivity contribution in [1.29, 1.82) is 0 Å². The van der Waals surface area contributed by atoms with Crippen LogP contribution >= 0.6 is 0 Å². The Labute approximate surface area is 79.2 Å². The summed E-state index contributed by atoms with van der Waals surface area (Å²) in [5, 5.41) is 0. The van der Waals surface area contributed by atoms with Crippen molar-refractivity contribution in [3.05, 3.63) is 20.5 Å². The zero-order chi connectivity index (χ0) is 6.15. The van der Waals surface area contributed by atoms with Gasteiger partial charge in [0, 0.05) is 0 Å². The maximum atomic E-state index is 2.30. The number of hydrogen-bond donors (Lipinski definition) is 0. The molecule has 0 aromatic rings. The molecule has 0 nitrogen and oxygen atoms in total. The number of hydrogen-bond acceptors (Lipinski definition) is 0. The second-order valence-corrected chi connectivity index (χ2v) is 3.89. The third-order valence-corrected chi connectivity index (χ3v) is 2.31. The van der Waals surface area contributed by atoms with E-state index in [-0.39, 0.29) is 13.8 Å². The van der Waals surface area contributed by atoms with Gasteiger partial charge in [-0.2, -0.15) is 0 Å². The molecule has 0 aliphatic heterocycles. The van der Waals surface area contributed by atoms with Gasteiger partial charge in [0.15, 0.2) is 0 Å². The maximum Gasteiger partial charge on any atom is -1.00 e.